The van der Waals surface area contributed by atoms with E-state index in [-0.39, 0.29) is 0 Å². The molecule has 0 aliphatic carbocycles. The van der Waals surface area contributed by atoms with E-state index in [9.17, 15) is 0 Å². The van der Waals surface area contributed by atoms with Crippen molar-refractivity contribution in [3.63, 3.8) is 0 Å². The van der Waals surface area contributed by atoms with E-state index in [1.54, 1.807) is 0 Å². The number of rotatable bonds is 9. The van der Waals surface area contributed by atoms with E-state index in [2.05, 4.69) is 37.8 Å². The average molecular weight is 203 g/mol. The maximum Gasteiger partial charge on any atom is -0.00411 e. The summed E-state index contributed by atoms with van der Waals surface area (Å²) >= 11 is 2.10. The lowest BCUT2D eigenvalue weighted by Crippen LogP contribution is -2.16. The monoisotopic (exact) mass is 203 g/mol. The van der Waals surface area contributed by atoms with Crippen molar-refractivity contribution < 1.29 is 0 Å². The second kappa shape index (κ2) is 10.4. The minimum absolute atomic E-state index is 0.897. The normalized spacial score (nSPS) is 13.2. The van der Waals surface area contributed by atoms with Crippen LogP contribution in [0.4, 0.5) is 0 Å². The third kappa shape index (κ3) is 10.2. The smallest absolute Gasteiger partial charge is 0.00411 e. The SMILES string of the molecule is CCCNCCCSCC(C)CC. The van der Waals surface area contributed by atoms with Crippen LogP contribution >= 0.6 is 11.8 Å². The Morgan fingerprint density at radius 2 is 2.00 bits per heavy atom. The van der Waals surface area contributed by atoms with Crippen LogP contribution in [0, 0.1) is 5.92 Å². The molecule has 0 saturated heterocycles. The van der Waals surface area contributed by atoms with Gasteiger partial charge in [-0.15, -0.1) is 0 Å². The average Bonchev–Trinajstić information content (AvgIpc) is 2.16. The van der Waals surface area contributed by atoms with Crippen LogP contribution in [0.5, 0.6) is 0 Å². The Morgan fingerprint density at radius 3 is 2.62 bits per heavy atom. The molecule has 1 atom stereocenters. The predicted molar refractivity (Wildman–Crippen MR) is 64.6 cm³/mol. The van der Waals surface area contributed by atoms with Crippen molar-refractivity contribution in [1.82, 2.24) is 5.32 Å². The molecule has 0 aliphatic heterocycles. The van der Waals surface area contributed by atoms with E-state index < -0.39 is 0 Å². The first kappa shape index (κ1) is 13.3. The highest BCUT2D eigenvalue weighted by molar-refractivity contribution is 7.99. The first-order chi connectivity index (χ1) is 6.31. The molecule has 80 valence electrons. The fraction of sp³-hybridized carbons (Fsp3) is 1.00. The molecular formula is C11H25NS. The molecule has 0 bridgehead atoms. The standard InChI is InChI=1S/C11H25NS/c1-4-7-12-8-6-9-13-10-11(3)5-2/h11-12H,4-10H2,1-3H3. The fourth-order valence-corrected chi connectivity index (χ4v) is 2.16. The zero-order valence-electron chi connectivity index (χ0n) is 9.44. The van der Waals surface area contributed by atoms with Gasteiger partial charge < -0.3 is 5.32 Å². The third-order valence-electron chi connectivity index (χ3n) is 2.17. The van der Waals surface area contributed by atoms with Gasteiger partial charge in [0.1, 0.15) is 0 Å². The molecule has 0 radical (unpaired) electrons. The molecular weight excluding hydrogens is 178 g/mol. The second-order valence-electron chi connectivity index (χ2n) is 3.69. The quantitative estimate of drug-likeness (QED) is 0.578. The van der Waals surface area contributed by atoms with Crippen molar-refractivity contribution in [3.05, 3.63) is 0 Å². The van der Waals surface area contributed by atoms with Crippen molar-refractivity contribution in [2.75, 3.05) is 24.6 Å². The van der Waals surface area contributed by atoms with Gasteiger partial charge in [-0.25, -0.2) is 0 Å². The first-order valence-corrected chi connectivity index (χ1v) is 6.75. The molecule has 0 saturated carbocycles. The maximum absolute atomic E-state index is 3.42. The van der Waals surface area contributed by atoms with Crippen LogP contribution in [0.3, 0.4) is 0 Å². The van der Waals surface area contributed by atoms with Gasteiger partial charge in [0.15, 0.2) is 0 Å². The van der Waals surface area contributed by atoms with E-state index in [1.807, 2.05) is 0 Å². The van der Waals surface area contributed by atoms with Gasteiger partial charge in [-0.3, -0.25) is 0 Å². The molecule has 0 fully saturated rings. The zero-order valence-corrected chi connectivity index (χ0v) is 10.3. The minimum atomic E-state index is 0.897. The fourth-order valence-electron chi connectivity index (χ4n) is 1.00. The summed E-state index contributed by atoms with van der Waals surface area (Å²) in [5, 5.41) is 3.42. The van der Waals surface area contributed by atoms with E-state index in [0.29, 0.717) is 0 Å². The second-order valence-corrected chi connectivity index (χ2v) is 4.84. The Balaban J connectivity index is 2.91. The molecule has 0 aromatic carbocycles. The van der Waals surface area contributed by atoms with Crippen LogP contribution in [0.1, 0.15) is 40.0 Å². The van der Waals surface area contributed by atoms with E-state index in [4.69, 9.17) is 0 Å². The lowest BCUT2D eigenvalue weighted by molar-refractivity contribution is 0.635. The summed E-state index contributed by atoms with van der Waals surface area (Å²) < 4.78 is 0. The van der Waals surface area contributed by atoms with Crippen LogP contribution in [0.15, 0.2) is 0 Å². The largest absolute Gasteiger partial charge is 0.317 e. The van der Waals surface area contributed by atoms with Gasteiger partial charge in [-0.1, -0.05) is 27.2 Å². The van der Waals surface area contributed by atoms with E-state index in [0.717, 1.165) is 5.92 Å². The molecule has 1 N–H and O–H groups in total. The number of hydrogen-bond donors (Lipinski definition) is 1. The van der Waals surface area contributed by atoms with Crippen LogP contribution in [0.2, 0.25) is 0 Å². The van der Waals surface area contributed by atoms with Crippen LogP contribution in [-0.4, -0.2) is 24.6 Å². The molecule has 0 spiro atoms. The zero-order chi connectivity index (χ0) is 9.94. The van der Waals surface area contributed by atoms with Gasteiger partial charge in [0.2, 0.25) is 0 Å². The Morgan fingerprint density at radius 1 is 1.23 bits per heavy atom. The Labute approximate surface area is 88.1 Å². The molecule has 0 amide bonds. The van der Waals surface area contributed by atoms with Crippen molar-refractivity contribution in [3.8, 4) is 0 Å². The van der Waals surface area contributed by atoms with Gasteiger partial charge in [-0.05, 0) is 43.4 Å². The lowest BCUT2D eigenvalue weighted by Gasteiger charge is -2.07. The van der Waals surface area contributed by atoms with Gasteiger partial charge in [-0.2, -0.15) is 11.8 Å². The highest BCUT2D eigenvalue weighted by Gasteiger charge is 1.97. The molecule has 1 nitrogen and oxygen atoms in total. The van der Waals surface area contributed by atoms with E-state index in [1.165, 1.54) is 43.9 Å². The molecule has 1 unspecified atom stereocenters. The number of thioether (sulfide) groups is 1. The van der Waals surface area contributed by atoms with Gasteiger partial charge in [0.05, 0.1) is 0 Å². The van der Waals surface area contributed by atoms with Crippen molar-refractivity contribution in [2.45, 2.75) is 40.0 Å². The van der Waals surface area contributed by atoms with Crippen molar-refractivity contribution in [1.29, 1.82) is 0 Å². The van der Waals surface area contributed by atoms with Crippen LogP contribution in [-0.2, 0) is 0 Å². The lowest BCUT2D eigenvalue weighted by atomic mass is 10.2. The van der Waals surface area contributed by atoms with Gasteiger partial charge in [0, 0.05) is 0 Å². The van der Waals surface area contributed by atoms with Gasteiger partial charge in [0.25, 0.3) is 0 Å². The van der Waals surface area contributed by atoms with Gasteiger partial charge >= 0.3 is 0 Å². The molecule has 13 heavy (non-hydrogen) atoms. The first-order valence-electron chi connectivity index (χ1n) is 5.59. The Hall–Kier alpha value is 0.310. The Kier molecular flexibility index (Phi) is 10.6. The molecule has 2 heteroatoms. The highest BCUT2D eigenvalue weighted by atomic mass is 32.2. The minimum Gasteiger partial charge on any atom is -0.317 e. The summed E-state index contributed by atoms with van der Waals surface area (Å²) in [6.07, 6.45) is 3.89. The summed E-state index contributed by atoms with van der Waals surface area (Å²) in [4.78, 5) is 0. The summed E-state index contributed by atoms with van der Waals surface area (Å²) in [5.74, 6) is 3.55. The topological polar surface area (TPSA) is 12.0 Å². The van der Waals surface area contributed by atoms with Crippen LogP contribution < -0.4 is 5.32 Å². The summed E-state index contributed by atoms with van der Waals surface area (Å²) in [6.45, 7) is 9.19. The maximum atomic E-state index is 3.42. The highest BCUT2D eigenvalue weighted by Crippen LogP contribution is 2.11. The molecule has 0 aliphatic rings. The summed E-state index contributed by atoms with van der Waals surface area (Å²) in [6, 6.07) is 0. The molecule has 0 aromatic rings. The molecule has 0 heterocycles. The molecule has 0 rings (SSSR count). The molecule has 0 aromatic heterocycles. The van der Waals surface area contributed by atoms with Crippen molar-refractivity contribution >= 4 is 11.8 Å². The number of hydrogen-bond acceptors (Lipinski definition) is 2. The number of nitrogens with one attached hydrogen (secondary N) is 1. The van der Waals surface area contributed by atoms with Crippen molar-refractivity contribution in [2.24, 2.45) is 5.92 Å². The van der Waals surface area contributed by atoms with E-state index >= 15 is 0 Å². The Bertz CT molecular complexity index is 96.1. The summed E-state index contributed by atoms with van der Waals surface area (Å²) in [5.41, 5.74) is 0. The third-order valence-corrected chi connectivity index (χ3v) is 3.55. The summed E-state index contributed by atoms with van der Waals surface area (Å²) in [7, 11) is 0. The van der Waals surface area contributed by atoms with Crippen LogP contribution in [0.25, 0.3) is 0 Å². The predicted octanol–water partition coefficient (Wildman–Crippen LogP) is 3.16.